The number of carbonyl (C=O) groups is 1. The number of hydrogen-bond acceptors (Lipinski definition) is 4. The lowest BCUT2D eigenvalue weighted by atomic mass is 10.0. The maximum Gasteiger partial charge on any atom is 0.224 e. The van der Waals surface area contributed by atoms with Crippen molar-refractivity contribution in [3.63, 3.8) is 0 Å². The average Bonchev–Trinajstić information content (AvgIpc) is 3.26. The molecule has 24 heavy (non-hydrogen) atoms. The molecule has 132 valence electrons. The van der Waals surface area contributed by atoms with Gasteiger partial charge in [0.1, 0.15) is 5.82 Å². The zero-order valence-electron chi connectivity index (χ0n) is 14.4. The van der Waals surface area contributed by atoms with Gasteiger partial charge in [-0.1, -0.05) is 0 Å². The number of ether oxygens (including phenoxy) is 1. The van der Waals surface area contributed by atoms with Crippen LogP contribution in [-0.2, 0) is 22.4 Å². The molecule has 1 atom stereocenters. The Bertz CT molecular complexity index is 556. The van der Waals surface area contributed by atoms with Crippen molar-refractivity contribution in [1.82, 2.24) is 19.8 Å². The van der Waals surface area contributed by atoms with Crippen molar-refractivity contribution < 1.29 is 9.53 Å². The summed E-state index contributed by atoms with van der Waals surface area (Å²) < 4.78 is 5.33. The van der Waals surface area contributed by atoms with Gasteiger partial charge >= 0.3 is 0 Å². The first kappa shape index (κ1) is 16.1. The Morgan fingerprint density at radius 3 is 2.83 bits per heavy atom. The summed E-state index contributed by atoms with van der Waals surface area (Å²) in [6, 6.07) is 0.369. The number of carbonyl (C=O) groups excluding carboxylic acids is 1. The second kappa shape index (κ2) is 7.23. The first-order valence-corrected chi connectivity index (χ1v) is 9.48. The van der Waals surface area contributed by atoms with Crippen LogP contribution in [0.2, 0.25) is 0 Å². The predicted octanol–water partition coefficient (Wildman–Crippen LogP) is 1.67. The number of nitrogens with one attached hydrogen (secondary N) is 1. The molecule has 0 aromatic carbocycles. The third-order valence-corrected chi connectivity index (χ3v) is 5.63. The standard InChI is InChI=1S/C18H28N4O2/c23-17(22-10-12-24-13-11-22)7-9-21-8-3-6-16(21)18-19-14-4-1-2-5-15(14)20-18/h16H,1-13H2,(H,19,20)/t16-/m0/s1. The lowest BCUT2D eigenvalue weighted by Crippen LogP contribution is -2.42. The van der Waals surface area contributed by atoms with E-state index in [1.165, 1.54) is 30.7 Å². The van der Waals surface area contributed by atoms with Crippen LogP contribution in [0.3, 0.4) is 0 Å². The molecule has 6 nitrogen and oxygen atoms in total. The second-order valence-corrected chi connectivity index (χ2v) is 7.19. The van der Waals surface area contributed by atoms with Crippen LogP contribution in [0.1, 0.15) is 55.4 Å². The molecule has 1 aliphatic carbocycles. The van der Waals surface area contributed by atoms with Gasteiger partial charge in [0.15, 0.2) is 0 Å². The van der Waals surface area contributed by atoms with E-state index in [-0.39, 0.29) is 5.91 Å². The first-order valence-electron chi connectivity index (χ1n) is 9.48. The molecule has 0 spiro atoms. The molecule has 4 rings (SSSR count). The van der Waals surface area contributed by atoms with E-state index in [4.69, 9.17) is 9.72 Å². The Labute approximate surface area is 143 Å². The first-order chi connectivity index (χ1) is 11.8. The smallest absolute Gasteiger partial charge is 0.224 e. The Hall–Kier alpha value is -1.40. The molecule has 3 aliphatic rings. The highest BCUT2D eigenvalue weighted by Crippen LogP contribution is 2.32. The SMILES string of the molecule is O=C(CCN1CCC[C@H]1c1nc2c([nH]1)CCCC2)N1CCOCC1. The minimum atomic E-state index is 0.266. The quantitative estimate of drug-likeness (QED) is 0.911. The van der Waals surface area contributed by atoms with Gasteiger partial charge in [-0.2, -0.15) is 0 Å². The molecule has 0 bridgehead atoms. The molecule has 1 N–H and O–H groups in total. The minimum absolute atomic E-state index is 0.266. The summed E-state index contributed by atoms with van der Waals surface area (Å²) in [5, 5.41) is 0. The van der Waals surface area contributed by atoms with E-state index in [0.717, 1.165) is 51.3 Å². The predicted molar refractivity (Wildman–Crippen MR) is 90.8 cm³/mol. The van der Waals surface area contributed by atoms with Gasteiger partial charge in [0.05, 0.1) is 24.9 Å². The molecule has 2 aliphatic heterocycles. The topological polar surface area (TPSA) is 61.5 Å². The van der Waals surface area contributed by atoms with Crippen molar-refractivity contribution >= 4 is 5.91 Å². The molecule has 6 heteroatoms. The second-order valence-electron chi connectivity index (χ2n) is 7.19. The number of imidazole rings is 1. The Morgan fingerprint density at radius 2 is 2.00 bits per heavy atom. The Balaban J connectivity index is 1.36. The number of aromatic amines is 1. The van der Waals surface area contributed by atoms with E-state index in [2.05, 4.69) is 9.88 Å². The third-order valence-electron chi connectivity index (χ3n) is 5.63. The van der Waals surface area contributed by atoms with Crippen LogP contribution in [-0.4, -0.2) is 65.1 Å². The molecular weight excluding hydrogens is 304 g/mol. The van der Waals surface area contributed by atoms with E-state index in [1.54, 1.807) is 0 Å². The summed E-state index contributed by atoms with van der Waals surface area (Å²) in [6.45, 7) is 4.75. The molecule has 3 heterocycles. The van der Waals surface area contributed by atoms with Crippen LogP contribution >= 0.6 is 0 Å². The summed E-state index contributed by atoms with van der Waals surface area (Å²) >= 11 is 0. The molecular formula is C18H28N4O2. The molecule has 0 saturated carbocycles. The van der Waals surface area contributed by atoms with Gasteiger partial charge in [-0.25, -0.2) is 4.98 Å². The maximum absolute atomic E-state index is 12.4. The Morgan fingerprint density at radius 1 is 1.17 bits per heavy atom. The van der Waals surface area contributed by atoms with Crippen molar-refractivity contribution in [2.45, 2.75) is 51.0 Å². The van der Waals surface area contributed by atoms with Crippen LogP contribution in [0.25, 0.3) is 0 Å². The van der Waals surface area contributed by atoms with E-state index in [9.17, 15) is 4.79 Å². The van der Waals surface area contributed by atoms with Gasteiger partial charge in [0.25, 0.3) is 0 Å². The van der Waals surface area contributed by atoms with Crippen LogP contribution in [0.4, 0.5) is 0 Å². The number of fused-ring (bicyclic) bond motifs is 1. The van der Waals surface area contributed by atoms with E-state index in [0.29, 0.717) is 25.7 Å². The monoisotopic (exact) mass is 332 g/mol. The van der Waals surface area contributed by atoms with Crippen molar-refractivity contribution in [2.24, 2.45) is 0 Å². The number of rotatable bonds is 4. The number of H-pyrrole nitrogens is 1. The Kier molecular flexibility index (Phi) is 4.85. The van der Waals surface area contributed by atoms with Gasteiger partial charge in [-0.05, 0) is 45.1 Å². The number of aryl methyl sites for hydroxylation is 2. The number of likely N-dealkylation sites (tertiary alicyclic amines) is 1. The summed E-state index contributed by atoms with van der Waals surface area (Å²) in [5.41, 5.74) is 2.64. The third kappa shape index (κ3) is 3.35. The number of hydrogen-bond donors (Lipinski definition) is 1. The number of nitrogens with zero attached hydrogens (tertiary/aromatic N) is 3. The summed E-state index contributed by atoms with van der Waals surface area (Å²) in [5.74, 6) is 1.40. The highest BCUT2D eigenvalue weighted by atomic mass is 16.5. The highest BCUT2D eigenvalue weighted by Gasteiger charge is 2.30. The van der Waals surface area contributed by atoms with Gasteiger partial charge in [-0.15, -0.1) is 0 Å². The normalized spacial score (nSPS) is 25.0. The molecule has 2 fully saturated rings. The maximum atomic E-state index is 12.4. The summed E-state index contributed by atoms with van der Waals surface area (Å²) in [6.07, 6.45) is 7.76. The van der Waals surface area contributed by atoms with Crippen LogP contribution in [0.5, 0.6) is 0 Å². The van der Waals surface area contributed by atoms with Crippen LogP contribution in [0, 0.1) is 0 Å². The number of amides is 1. The van der Waals surface area contributed by atoms with E-state index >= 15 is 0 Å². The van der Waals surface area contributed by atoms with Gasteiger partial charge < -0.3 is 14.6 Å². The number of aromatic nitrogens is 2. The van der Waals surface area contributed by atoms with Crippen LogP contribution < -0.4 is 0 Å². The highest BCUT2D eigenvalue weighted by molar-refractivity contribution is 5.76. The van der Waals surface area contributed by atoms with Crippen molar-refractivity contribution in [3.05, 3.63) is 17.2 Å². The van der Waals surface area contributed by atoms with Gasteiger partial charge in [0, 0.05) is 31.7 Å². The van der Waals surface area contributed by atoms with Gasteiger partial charge in [-0.3, -0.25) is 9.69 Å². The number of morpholine rings is 1. The zero-order valence-corrected chi connectivity index (χ0v) is 14.4. The van der Waals surface area contributed by atoms with E-state index in [1.807, 2.05) is 4.90 Å². The average molecular weight is 332 g/mol. The van der Waals surface area contributed by atoms with Crippen molar-refractivity contribution in [3.8, 4) is 0 Å². The molecule has 1 aromatic rings. The molecule has 0 radical (unpaired) electrons. The lowest BCUT2D eigenvalue weighted by molar-refractivity contribution is -0.135. The fourth-order valence-electron chi connectivity index (χ4n) is 4.25. The van der Waals surface area contributed by atoms with E-state index < -0.39 is 0 Å². The summed E-state index contributed by atoms with van der Waals surface area (Å²) in [7, 11) is 0. The molecule has 2 saturated heterocycles. The largest absolute Gasteiger partial charge is 0.378 e. The molecule has 0 unspecified atom stereocenters. The minimum Gasteiger partial charge on any atom is -0.378 e. The van der Waals surface area contributed by atoms with Crippen molar-refractivity contribution in [1.29, 1.82) is 0 Å². The zero-order chi connectivity index (χ0) is 16.4. The van der Waals surface area contributed by atoms with Crippen molar-refractivity contribution in [2.75, 3.05) is 39.4 Å². The molecule has 1 amide bonds. The van der Waals surface area contributed by atoms with Crippen LogP contribution in [0.15, 0.2) is 0 Å². The lowest BCUT2D eigenvalue weighted by Gasteiger charge is -2.28. The summed E-state index contributed by atoms with van der Waals surface area (Å²) in [4.78, 5) is 25.3. The fraction of sp³-hybridized carbons (Fsp3) is 0.778. The van der Waals surface area contributed by atoms with Gasteiger partial charge in [0.2, 0.25) is 5.91 Å². The molecule has 1 aromatic heterocycles. The fourth-order valence-corrected chi connectivity index (χ4v) is 4.25.